The molecule has 2 aromatic rings. The number of aryl methyl sites for hydroxylation is 1. The molecule has 0 fully saturated rings. The molecule has 0 saturated carbocycles. The van der Waals surface area contributed by atoms with Crippen molar-refractivity contribution < 1.29 is 17.9 Å². The average Bonchev–Trinajstić information content (AvgIpc) is 2.26. The quantitative estimate of drug-likeness (QED) is 0.793. The zero-order valence-electron chi connectivity index (χ0n) is 9.71. The molecule has 6 nitrogen and oxygen atoms in total. The molecule has 19 heavy (non-hydrogen) atoms. The van der Waals surface area contributed by atoms with Gasteiger partial charge in [-0.05, 0) is 30.7 Å². The summed E-state index contributed by atoms with van der Waals surface area (Å²) in [4.78, 5) is 16.1. The lowest BCUT2D eigenvalue weighted by atomic mass is 10.2. The second-order valence-electron chi connectivity index (χ2n) is 3.88. The number of benzene rings is 1. The van der Waals surface area contributed by atoms with Crippen molar-refractivity contribution in [2.24, 2.45) is 0 Å². The SMILES string of the molecule is Cc1cc(F)cc(S(=O)(=O)c2nc(O)cc(=O)[nH]2)c1. The van der Waals surface area contributed by atoms with Gasteiger partial charge in [-0.25, -0.2) is 12.8 Å². The Morgan fingerprint density at radius 3 is 2.53 bits per heavy atom. The summed E-state index contributed by atoms with van der Waals surface area (Å²) in [6, 6.07) is 3.95. The maximum absolute atomic E-state index is 13.2. The highest BCUT2D eigenvalue weighted by Crippen LogP contribution is 2.20. The Morgan fingerprint density at radius 1 is 1.26 bits per heavy atom. The number of hydrogen-bond acceptors (Lipinski definition) is 5. The van der Waals surface area contributed by atoms with Crippen LogP contribution in [0, 0.1) is 12.7 Å². The highest BCUT2D eigenvalue weighted by molar-refractivity contribution is 7.91. The Hall–Kier alpha value is -2.22. The summed E-state index contributed by atoms with van der Waals surface area (Å²) in [6.07, 6.45) is 0. The fourth-order valence-electron chi connectivity index (χ4n) is 1.52. The van der Waals surface area contributed by atoms with Gasteiger partial charge in [0.1, 0.15) is 5.82 Å². The maximum atomic E-state index is 13.2. The third-order valence-corrected chi connectivity index (χ3v) is 3.85. The van der Waals surface area contributed by atoms with Crippen LogP contribution in [0.3, 0.4) is 0 Å². The Morgan fingerprint density at radius 2 is 1.95 bits per heavy atom. The van der Waals surface area contributed by atoms with Gasteiger partial charge in [0.25, 0.3) is 5.56 Å². The summed E-state index contributed by atoms with van der Waals surface area (Å²) < 4.78 is 37.5. The van der Waals surface area contributed by atoms with Crippen LogP contribution in [-0.2, 0) is 9.84 Å². The normalized spacial score (nSPS) is 11.5. The molecule has 1 aromatic heterocycles. The number of aromatic nitrogens is 2. The van der Waals surface area contributed by atoms with Crippen molar-refractivity contribution in [3.8, 4) is 5.88 Å². The number of H-pyrrole nitrogens is 1. The van der Waals surface area contributed by atoms with Crippen molar-refractivity contribution in [1.82, 2.24) is 9.97 Å². The van der Waals surface area contributed by atoms with E-state index in [9.17, 15) is 17.6 Å². The minimum Gasteiger partial charge on any atom is -0.493 e. The molecular formula is C11H9FN2O4S. The van der Waals surface area contributed by atoms with E-state index in [1.165, 1.54) is 13.0 Å². The second-order valence-corrected chi connectivity index (χ2v) is 5.74. The van der Waals surface area contributed by atoms with Gasteiger partial charge in [-0.2, -0.15) is 4.98 Å². The van der Waals surface area contributed by atoms with Gasteiger partial charge in [0.15, 0.2) is 0 Å². The van der Waals surface area contributed by atoms with Gasteiger partial charge in [-0.1, -0.05) is 0 Å². The van der Waals surface area contributed by atoms with E-state index >= 15 is 0 Å². The summed E-state index contributed by atoms with van der Waals surface area (Å²) in [5.41, 5.74) is -0.416. The van der Waals surface area contributed by atoms with Crippen LogP contribution in [0.1, 0.15) is 5.56 Å². The number of halogens is 1. The van der Waals surface area contributed by atoms with E-state index in [-0.39, 0.29) is 4.90 Å². The molecule has 1 aromatic carbocycles. The zero-order chi connectivity index (χ0) is 14.2. The van der Waals surface area contributed by atoms with Crippen LogP contribution in [0.4, 0.5) is 4.39 Å². The summed E-state index contributed by atoms with van der Waals surface area (Å²) in [6.45, 7) is 1.53. The molecule has 1 heterocycles. The third-order valence-electron chi connectivity index (χ3n) is 2.29. The maximum Gasteiger partial charge on any atom is 0.255 e. The van der Waals surface area contributed by atoms with E-state index in [4.69, 9.17) is 5.11 Å². The lowest BCUT2D eigenvalue weighted by Crippen LogP contribution is -2.15. The van der Waals surface area contributed by atoms with E-state index in [1.807, 2.05) is 4.98 Å². The van der Waals surface area contributed by atoms with Gasteiger partial charge in [-0.15, -0.1) is 0 Å². The van der Waals surface area contributed by atoms with Gasteiger partial charge in [0.2, 0.25) is 20.9 Å². The molecule has 0 saturated heterocycles. The van der Waals surface area contributed by atoms with Crippen molar-refractivity contribution in [3.63, 3.8) is 0 Å². The first kappa shape index (κ1) is 13.2. The topological polar surface area (TPSA) is 100 Å². The number of aromatic hydroxyl groups is 1. The van der Waals surface area contributed by atoms with Crippen molar-refractivity contribution in [2.45, 2.75) is 17.0 Å². The molecule has 0 radical (unpaired) electrons. The smallest absolute Gasteiger partial charge is 0.255 e. The molecule has 0 amide bonds. The summed E-state index contributed by atoms with van der Waals surface area (Å²) >= 11 is 0. The van der Waals surface area contributed by atoms with Crippen LogP contribution >= 0.6 is 0 Å². The summed E-state index contributed by atoms with van der Waals surface area (Å²) in [5, 5.41) is 8.41. The standard InChI is InChI=1S/C11H9FN2O4S/c1-6-2-7(12)4-8(3-6)19(17,18)11-13-9(15)5-10(16)14-11/h2-5H,1H3,(H2,13,14,15,16). The third kappa shape index (κ3) is 2.63. The first-order valence-corrected chi connectivity index (χ1v) is 6.60. The van der Waals surface area contributed by atoms with Crippen LogP contribution in [0.15, 0.2) is 39.1 Å². The van der Waals surface area contributed by atoms with Crippen LogP contribution in [0.25, 0.3) is 0 Å². The highest BCUT2D eigenvalue weighted by Gasteiger charge is 2.22. The molecule has 0 atom stereocenters. The van der Waals surface area contributed by atoms with Gasteiger partial charge >= 0.3 is 0 Å². The molecule has 8 heteroatoms. The first-order valence-electron chi connectivity index (χ1n) is 5.11. The Labute approximate surface area is 107 Å². The number of hydrogen-bond donors (Lipinski definition) is 2. The monoisotopic (exact) mass is 284 g/mol. The fraction of sp³-hybridized carbons (Fsp3) is 0.0909. The van der Waals surface area contributed by atoms with Gasteiger partial charge in [0, 0.05) is 0 Å². The number of rotatable bonds is 2. The molecule has 0 aliphatic rings. The minimum absolute atomic E-state index is 0.348. The van der Waals surface area contributed by atoms with Crippen molar-refractivity contribution in [1.29, 1.82) is 0 Å². The Kier molecular flexibility index (Phi) is 3.11. The van der Waals surface area contributed by atoms with Crippen LogP contribution in [0.2, 0.25) is 0 Å². The molecule has 0 bridgehead atoms. The molecule has 2 rings (SSSR count). The predicted octanol–water partition coefficient (Wildman–Crippen LogP) is 0.756. The molecule has 0 aliphatic carbocycles. The zero-order valence-corrected chi connectivity index (χ0v) is 10.5. The molecule has 0 unspecified atom stereocenters. The second kappa shape index (κ2) is 4.47. The van der Waals surface area contributed by atoms with Crippen molar-refractivity contribution in [3.05, 3.63) is 46.0 Å². The Balaban J connectivity index is 2.68. The van der Waals surface area contributed by atoms with E-state index < -0.39 is 32.3 Å². The lowest BCUT2D eigenvalue weighted by molar-refractivity contribution is 0.441. The predicted molar refractivity (Wildman–Crippen MR) is 63.1 cm³/mol. The molecule has 0 aliphatic heterocycles. The van der Waals surface area contributed by atoms with E-state index in [0.717, 1.165) is 18.2 Å². The van der Waals surface area contributed by atoms with Gasteiger partial charge in [-0.3, -0.25) is 9.78 Å². The van der Waals surface area contributed by atoms with Gasteiger partial charge in [0.05, 0.1) is 11.0 Å². The highest BCUT2D eigenvalue weighted by atomic mass is 32.2. The van der Waals surface area contributed by atoms with Crippen LogP contribution in [-0.4, -0.2) is 23.5 Å². The number of sulfone groups is 1. The average molecular weight is 284 g/mol. The Bertz CT molecular complexity index is 778. The molecule has 0 spiro atoms. The molecular weight excluding hydrogens is 275 g/mol. The number of aromatic amines is 1. The molecule has 2 N–H and O–H groups in total. The first-order chi connectivity index (χ1) is 8.79. The van der Waals surface area contributed by atoms with Crippen LogP contribution < -0.4 is 5.56 Å². The van der Waals surface area contributed by atoms with E-state index in [1.54, 1.807) is 0 Å². The number of nitrogens with zero attached hydrogens (tertiary/aromatic N) is 1. The fourth-order valence-corrected chi connectivity index (χ4v) is 2.80. The summed E-state index contributed by atoms with van der Waals surface area (Å²) in [7, 11) is -4.20. The largest absolute Gasteiger partial charge is 0.493 e. The van der Waals surface area contributed by atoms with E-state index in [2.05, 4.69) is 4.98 Å². The summed E-state index contributed by atoms with van der Waals surface area (Å²) in [5.74, 6) is -1.45. The van der Waals surface area contributed by atoms with E-state index in [0.29, 0.717) is 5.56 Å². The molecule has 100 valence electrons. The van der Waals surface area contributed by atoms with Crippen molar-refractivity contribution in [2.75, 3.05) is 0 Å². The minimum atomic E-state index is -4.20. The van der Waals surface area contributed by atoms with Gasteiger partial charge < -0.3 is 5.11 Å². The number of nitrogens with one attached hydrogen (secondary N) is 1. The lowest BCUT2D eigenvalue weighted by Gasteiger charge is -2.05. The van der Waals surface area contributed by atoms with Crippen molar-refractivity contribution >= 4 is 9.84 Å². The van der Waals surface area contributed by atoms with Crippen LogP contribution in [0.5, 0.6) is 5.88 Å².